The third-order valence-electron chi connectivity index (χ3n) is 5.94. The van der Waals surface area contributed by atoms with Crippen LogP contribution < -0.4 is 5.43 Å². The van der Waals surface area contributed by atoms with E-state index in [2.05, 4.69) is 75.8 Å². The number of hydrazone groups is 1. The largest absolute Gasteiger partial charge is 0.318 e. The summed E-state index contributed by atoms with van der Waals surface area (Å²) in [6, 6.07) is 29.8. The van der Waals surface area contributed by atoms with Crippen LogP contribution in [0.4, 0.5) is 0 Å². The number of carbonyl (C=O) groups is 1. The molecule has 0 atom stereocenters. The predicted octanol–water partition coefficient (Wildman–Crippen LogP) is 6.68. The third kappa shape index (κ3) is 4.74. The van der Waals surface area contributed by atoms with Crippen LogP contribution in [0.25, 0.3) is 27.8 Å². The van der Waals surface area contributed by atoms with Crippen LogP contribution >= 0.6 is 22.6 Å². The quantitative estimate of drug-likeness (QED) is 0.146. The van der Waals surface area contributed by atoms with Crippen LogP contribution in [0.15, 0.2) is 96.1 Å². The molecule has 0 saturated heterocycles. The molecule has 172 valence electrons. The Hall–Kier alpha value is -3.78. The number of pyridine rings is 1. The summed E-state index contributed by atoms with van der Waals surface area (Å²) in [5.74, 6) is -0.275. The second kappa shape index (κ2) is 9.84. The first kappa shape index (κ1) is 23.0. The summed E-state index contributed by atoms with van der Waals surface area (Å²) in [4.78, 5) is 17.9. The Labute approximate surface area is 217 Å². The molecule has 5 aromatic rings. The number of aryl methyl sites for hydroxylation is 1. The van der Waals surface area contributed by atoms with E-state index in [4.69, 9.17) is 4.98 Å². The number of carbonyl (C=O) groups excluding carboxylic acids is 1. The summed E-state index contributed by atoms with van der Waals surface area (Å²) in [5.41, 5.74) is 9.94. The molecule has 2 aromatic heterocycles. The lowest BCUT2D eigenvalue weighted by molar-refractivity contribution is 0.0956. The second-order valence-corrected chi connectivity index (χ2v) is 9.52. The Morgan fingerprint density at radius 3 is 2.51 bits per heavy atom. The number of aromatic nitrogens is 2. The lowest BCUT2D eigenvalue weighted by Gasteiger charge is -2.10. The molecule has 0 spiro atoms. The number of hydrogen-bond acceptors (Lipinski definition) is 3. The highest BCUT2D eigenvalue weighted by Gasteiger charge is 2.14. The Balaban J connectivity index is 1.44. The van der Waals surface area contributed by atoms with Crippen molar-refractivity contribution in [1.29, 1.82) is 0 Å². The summed E-state index contributed by atoms with van der Waals surface area (Å²) in [7, 11) is 0. The SMILES string of the molecule is Cc1cc(/C=N/NC(=O)c2cc(-c3ccccc3)nc3ccccc23)c(C)n1-c1cccc(I)c1. The first-order chi connectivity index (χ1) is 17.0. The monoisotopic (exact) mass is 570 g/mol. The average Bonchev–Trinajstić information content (AvgIpc) is 3.16. The van der Waals surface area contributed by atoms with Gasteiger partial charge in [-0.15, -0.1) is 0 Å². The second-order valence-electron chi connectivity index (χ2n) is 8.28. The molecule has 6 heteroatoms. The molecule has 2 heterocycles. The molecule has 5 nitrogen and oxygen atoms in total. The molecule has 0 radical (unpaired) electrons. The molecule has 1 N–H and O–H groups in total. The van der Waals surface area contributed by atoms with E-state index >= 15 is 0 Å². The zero-order valence-electron chi connectivity index (χ0n) is 19.4. The number of benzene rings is 3. The number of fused-ring (bicyclic) bond motifs is 1. The molecule has 0 aliphatic rings. The van der Waals surface area contributed by atoms with Gasteiger partial charge in [0.05, 0.1) is 23.0 Å². The molecule has 35 heavy (non-hydrogen) atoms. The Morgan fingerprint density at radius 1 is 0.943 bits per heavy atom. The van der Waals surface area contributed by atoms with Crippen molar-refractivity contribution in [2.24, 2.45) is 5.10 Å². The molecule has 0 aliphatic carbocycles. The van der Waals surface area contributed by atoms with Gasteiger partial charge in [0.1, 0.15) is 0 Å². The molecular weight excluding hydrogens is 547 g/mol. The van der Waals surface area contributed by atoms with Crippen LogP contribution in [0.2, 0.25) is 0 Å². The molecule has 0 aliphatic heterocycles. The van der Waals surface area contributed by atoms with Crippen molar-refractivity contribution in [3.8, 4) is 16.9 Å². The van der Waals surface area contributed by atoms with Gasteiger partial charge in [0.2, 0.25) is 0 Å². The molecule has 1 amide bonds. The fraction of sp³-hybridized carbons (Fsp3) is 0.0690. The van der Waals surface area contributed by atoms with E-state index in [9.17, 15) is 4.79 Å². The van der Waals surface area contributed by atoms with Crippen molar-refractivity contribution in [1.82, 2.24) is 15.0 Å². The van der Waals surface area contributed by atoms with E-state index in [-0.39, 0.29) is 5.91 Å². The van der Waals surface area contributed by atoms with Gasteiger partial charge in [0.25, 0.3) is 5.91 Å². The van der Waals surface area contributed by atoms with Crippen LogP contribution in [0.5, 0.6) is 0 Å². The topological polar surface area (TPSA) is 59.3 Å². The van der Waals surface area contributed by atoms with Crippen LogP contribution in [0, 0.1) is 17.4 Å². The van der Waals surface area contributed by atoms with Crippen molar-refractivity contribution in [2.75, 3.05) is 0 Å². The van der Waals surface area contributed by atoms with Crippen molar-refractivity contribution in [2.45, 2.75) is 13.8 Å². The number of para-hydroxylation sites is 1. The standard InChI is InChI=1S/C29H23IN4O/c1-19-15-22(20(2)34(19)24-12-8-11-23(30)16-24)18-31-33-29(35)26-17-28(21-9-4-3-5-10-21)32-27-14-7-6-13-25(26)27/h3-18H,1-2H3,(H,33,35)/b31-18+. The number of hydrogen-bond donors (Lipinski definition) is 1. The molecule has 3 aromatic carbocycles. The number of rotatable bonds is 5. The highest BCUT2D eigenvalue weighted by atomic mass is 127. The van der Waals surface area contributed by atoms with Gasteiger partial charge in [-0.05, 0) is 72.8 Å². The smallest absolute Gasteiger partial charge is 0.272 e. The van der Waals surface area contributed by atoms with Crippen LogP contribution in [0.3, 0.4) is 0 Å². The van der Waals surface area contributed by atoms with Crippen molar-refractivity contribution >= 4 is 45.6 Å². The Bertz CT molecular complexity index is 1570. The van der Waals surface area contributed by atoms with Gasteiger partial charge in [0, 0.05) is 37.2 Å². The predicted molar refractivity (Wildman–Crippen MR) is 150 cm³/mol. The highest BCUT2D eigenvalue weighted by molar-refractivity contribution is 14.1. The lowest BCUT2D eigenvalue weighted by Crippen LogP contribution is -2.18. The van der Waals surface area contributed by atoms with Gasteiger partial charge in [-0.1, -0.05) is 54.6 Å². The van der Waals surface area contributed by atoms with Crippen molar-refractivity contribution in [3.63, 3.8) is 0 Å². The summed E-state index contributed by atoms with van der Waals surface area (Å²) < 4.78 is 3.36. The van der Waals surface area contributed by atoms with E-state index in [1.165, 1.54) is 3.57 Å². The third-order valence-corrected chi connectivity index (χ3v) is 6.61. The van der Waals surface area contributed by atoms with Crippen molar-refractivity contribution in [3.05, 3.63) is 117 Å². The minimum Gasteiger partial charge on any atom is -0.318 e. The van der Waals surface area contributed by atoms with Gasteiger partial charge in [0.15, 0.2) is 0 Å². The van der Waals surface area contributed by atoms with Gasteiger partial charge in [-0.3, -0.25) is 4.79 Å². The number of amides is 1. The summed E-state index contributed by atoms with van der Waals surface area (Å²) in [6.45, 7) is 4.12. The summed E-state index contributed by atoms with van der Waals surface area (Å²) in [6.07, 6.45) is 1.70. The zero-order valence-corrected chi connectivity index (χ0v) is 21.5. The summed E-state index contributed by atoms with van der Waals surface area (Å²) >= 11 is 2.32. The highest BCUT2D eigenvalue weighted by Crippen LogP contribution is 2.25. The van der Waals surface area contributed by atoms with E-state index in [1.54, 1.807) is 6.21 Å². The zero-order chi connectivity index (χ0) is 24.4. The Morgan fingerprint density at radius 2 is 1.71 bits per heavy atom. The minimum absolute atomic E-state index is 0.275. The van der Waals surface area contributed by atoms with Crippen LogP contribution in [-0.4, -0.2) is 21.7 Å². The van der Waals surface area contributed by atoms with Gasteiger partial charge < -0.3 is 4.57 Å². The summed E-state index contributed by atoms with van der Waals surface area (Å²) in [5, 5.41) is 5.08. The van der Waals surface area contributed by atoms with Gasteiger partial charge >= 0.3 is 0 Å². The molecule has 5 rings (SSSR count). The molecular formula is C29H23IN4O. The maximum Gasteiger partial charge on any atom is 0.272 e. The molecule has 0 fully saturated rings. The fourth-order valence-corrected chi connectivity index (χ4v) is 4.80. The van der Waals surface area contributed by atoms with Gasteiger partial charge in [-0.2, -0.15) is 5.10 Å². The van der Waals surface area contributed by atoms with Crippen molar-refractivity contribution < 1.29 is 4.79 Å². The van der Waals surface area contributed by atoms with E-state index in [1.807, 2.05) is 66.7 Å². The first-order valence-electron chi connectivity index (χ1n) is 11.2. The van der Waals surface area contributed by atoms with Crippen LogP contribution in [0.1, 0.15) is 27.3 Å². The fourth-order valence-electron chi connectivity index (χ4n) is 4.27. The molecule has 0 bridgehead atoms. The van der Waals surface area contributed by atoms with E-state index < -0.39 is 0 Å². The molecule has 0 saturated carbocycles. The first-order valence-corrected chi connectivity index (χ1v) is 12.3. The van der Waals surface area contributed by atoms with Gasteiger partial charge in [-0.25, -0.2) is 10.4 Å². The lowest BCUT2D eigenvalue weighted by atomic mass is 10.0. The number of nitrogens with zero attached hydrogens (tertiary/aromatic N) is 3. The molecule has 0 unspecified atom stereocenters. The maximum atomic E-state index is 13.2. The van der Waals surface area contributed by atoms with Crippen LogP contribution in [-0.2, 0) is 0 Å². The normalized spacial score (nSPS) is 11.3. The number of halogens is 1. The van der Waals surface area contributed by atoms with E-state index in [0.29, 0.717) is 5.56 Å². The average molecular weight is 570 g/mol. The minimum atomic E-state index is -0.275. The van der Waals surface area contributed by atoms with E-state index in [0.717, 1.165) is 44.8 Å². The maximum absolute atomic E-state index is 13.2. The number of nitrogens with one attached hydrogen (secondary N) is 1. The Kier molecular flexibility index (Phi) is 6.46.